The van der Waals surface area contributed by atoms with E-state index < -0.39 is 19.1 Å². The van der Waals surface area contributed by atoms with Gasteiger partial charge in [-0.2, -0.15) is 0 Å². The number of carbonyl (C=O) groups excluding carboxylic acids is 3. The zero-order valence-electron chi connectivity index (χ0n) is 21.9. The van der Waals surface area contributed by atoms with Gasteiger partial charge in [0.05, 0.1) is 30.3 Å². The van der Waals surface area contributed by atoms with Gasteiger partial charge in [-0.1, -0.05) is 26.0 Å². The molecule has 10 heteroatoms. The van der Waals surface area contributed by atoms with Gasteiger partial charge in [0.1, 0.15) is 17.2 Å². The molecule has 0 aromatic heterocycles. The highest BCUT2D eigenvalue weighted by atomic mass is 16.5. The lowest BCUT2D eigenvalue weighted by Gasteiger charge is -2.10. The maximum absolute atomic E-state index is 12.5. The Balaban J connectivity index is 1.41. The van der Waals surface area contributed by atoms with Crippen LogP contribution >= 0.6 is 0 Å². The molecule has 0 aliphatic rings. The van der Waals surface area contributed by atoms with Crippen LogP contribution in [-0.2, 0) is 9.53 Å². The summed E-state index contributed by atoms with van der Waals surface area (Å²) in [5.41, 5.74) is 0.854. The lowest BCUT2D eigenvalue weighted by Crippen LogP contribution is -2.29. The van der Waals surface area contributed by atoms with Crippen molar-refractivity contribution < 1.29 is 43.4 Å². The smallest absolute Gasteiger partial charge is 0.488 e. The van der Waals surface area contributed by atoms with Crippen molar-refractivity contribution in [3.63, 3.8) is 0 Å². The van der Waals surface area contributed by atoms with Crippen molar-refractivity contribution in [1.29, 1.82) is 0 Å². The van der Waals surface area contributed by atoms with Crippen LogP contribution in [0.25, 0.3) is 0 Å². The first kappa shape index (κ1) is 29.4. The molecule has 0 aliphatic carbocycles. The van der Waals surface area contributed by atoms with Crippen molar-refractivity contribution in [2.75, 3.05) is 13.2 Å². The zero-order valence-corrected chi connectivity index (χ0v) is 21.9. The van der Waals surface area contributed by atoms with Crippen molar-refractivity contribution in [3.8, 4) is 17.2 Å². The van der Waals surface area contributed by atoms with Crippen LogP contribution in [-0.4, -0.2) is 48.3 Å². The Labute approximate surface area is 227 Å². The van der Waals surface area contributed by atoms with Crippen LogP contribution in [0.2, 0.25) is 0 Å². The van der Waals surface area contributed by atoms with Crippen molar-refractivity contribution >= 4 is 30.5 Å². The third-order valence-electron chi connectivity index (χ3n) is 5.85. The van der Waals surface area contributed by atoms with E-state index in [0.717, 1.165) is 12.8 Å². The van der Waals surface area contributed by atoms with Gasteiger partial charge in [0.15, 0.2) is 0 Å². The van der Waals surface area contributed by atoms with Gasteiger partial charge in [0.25, 0.3) is 0 Å². The van der Waals surface area contributed by atoms with Gasteiger partial charge >= 0.3 is 25.0 Å². The molecule has 39 heavy (non-hydrogen) atoms. The second kappa shape index (κ2) is 14.7. The van der Waals surface area contributed by atoms with E-state index in [1.807, 2.05) is 13.8 Å². The van der Waals surface area contributed by atoms with E-state index in [4.69, 9.17) is 29.0 Å². The van der Waals surface area contributed by atoms with E-state index in [9.17, 15) is 14.4 Å². The Morgan fingerprint density at radius 2 is 1.18 bits per heavy atom. The zero-order chi connectivity index (χ0) is 28.2. The number of carbonyl (C=O) groups is 3. The number of esters is 3. The molecule has 0 saturated carbocycles. The summed E-state index contributed by atoms with van der Waals surface area (Å²) in [6.07, 6.45) is 2.18. The molecule has 204 valence electrons. The van der Waals surface area contributed by atoms with E-state index in [1.165, 1.54) is 48.5 Å². The Hall–Kier alpha value is -4.15. The molecule has 0 fully saturated rings. The molecular formula is C29H31BO9. The van der Waals surface area contributed by atoms with E-state index in [2.05, 4.69) is 0 Å². The van der Waals surface area contributed by atoms with E-state index in [1.54, 1.807) is 24.3 Å². The number of hydrogen-bond acceptors (Lipinski definition) is 9. The number of rotatable bonds is 13. The highest BCUT2D eigenvalue weighted by molar-refractivity contribution is 6.58. The average Bonchev–Trinajstić information content (AvgIpc) is 2.95. The van der Waals surface area contributed by atoms with Crippen LogP contribution in [0.4, 0.5) is 0 Å². The number of benzene rings is 3. The summed E-state index contributed by atoms with van der Waals surface area (Å²) in [5.74, 6) is -0.340. The van der Waals surface area contributed by atoms with Crippen molar-refractivity contribution in [3.05, 3.63) is 83.9 Å². The van der Waals surface area contributed by atoms with Crippen molar-refractivity contribution in [2.24, 2.45) is 5.92 Å². The maximum atomic E-state index is 12.5. The monoisotopic (exact) mass is 534 g/mol. The Morgan fingerprint density at radius 3 is 1.67 bits per heavy atom. The standard InChI is InChI=1S/C29H31BO9/c1-3-20(2)27(31)37-19-5-4-18-36-24-12-6-21(7-13-24)28(32)38-25-14-8-22(9-15-25)29(33)39-26-16-10-23(11-17-26)30(34)35/h6-17,20,34-35H,3-5,18-19H2,1-2H3. The summed E-state index contributed by atoms with van der Waals surface area (Å²) in [6.45, 7) is 4.61. The second-order valence-electron chi connectivity index (χ2n) is 8.80. The molecule has 0 aliphatic heterocycles. The second-order valence-corrected chi connectivity index (χ2v) is 8.80. The first-order valence-electron chi connectivity index (χ1n) is 12.7. The van der Waals surface area contributed by atoms with Gasteiger partial charge in [-0.15, -0.1) is 0 Å². The number of hydrogen-bond donors (Lipinski definition) is 2. The molecule has 3 rings (SSSR count). The van der Waals surface area contributed by atoms with E-state index in [-0.39, 0.29) is 34.4 Å². The van der Waals surface area contributed by atoms with Crippen LogP contribution in [0.5, 0.6) is 17.2 Å². The highest BCUT2D eigenvalue weighted by Gasteiger charge is 2.14. The highest BCUT2D eigenvalue weighted by Crippen LogP contribution is 2.18. The molecule has 0 radical (unpaired) electrons. The first-order valence-corrected chi connectivity index (χ1v) is 12.7. The predicted octanol–water partition coefficient (Wildman–Crippen LogP) is 3.55. The van der Waals surface area contributed by atoms with Gasteiger partial charge < -0.3 is 29.0 Å². The molecule has 0 spiro atoms. The molecule has 0 saturated heterocycles. The SMILES string of the molecule is CCC(C)C(=O)OCCCCOc1ccc(C(=O)Oc2ccc(C(=O)Oc3ccc(B(O)O)cc3)cc2)cc1. The minimum absolute atomic E-state index is 0.0877. The minimum Gasteiger partial charge on any atom is -0.494 e. The molecule has 0 bridgehead atoms. The number of unbranched alkanes of at least 4 members (excludes halogenated alkanes) is 1. The fraction of sp³-hybridized carbons (Fsp3) is 0.276. The first-order chi connectivity index (χ1) is 18.8. The quantitative estimate of drug-likeness (QED) is 0.146. The van der Waals surface area contributed by atoms with Gasteiger partial charge in [0.2, 0.25) is 0 Å². The van der Waals surface area contributed by atoms with Gasteiger partial charge in [0, 0.05) is 0 Å². The third kappa shape index (κ3) is 9.28. The summed E-state index contributed by atoms with van der Waals surface area (Å²) in [7, 11) is -1.61. The third-order valence-corrected chi connectivity index (χ3v) is 5.85. The molecule has 2 N–H and O–H groups in total. The van der Waals surface area contributed by atoms with Gasteiger partial charge in [-0.05, 0) is 85.4 Å². The van der Waals surface area contributed by atoms with E-state index >= 15 is 0 Å². The average molecular weight is 534 g/mol. The molecule has 0 amide bonds. The number of ether oxygens (including phenoxy) is 4. The van der Waals surface area contributed by atoms with Gasteiger partial charge in [-0.25, -0.2) is 9.59 Å². The van der Waals surface area contributed by atoms with Crippen LogP contribution in [0.3, 0.4) is 0 Å². The topological polar surface area (TPSA) is 129 Å². The normalized spacial score (nSPS) is 11.3. The summed E-state index contributed by atoms with van der Waals surface area (Å²) < 4.78 is 21.5. The summed E-state index contributed by atoms with van der Waals surface area (Å²) >= 11 is 0. The largest absolute Gasteiger partial charge is 0.494 e. The summed E-state index contributed by atoms with van der Waals surface area (Å²) in [6, 6.07) is 18.2. The lowest BCUT2D eigenvalue weighted by atomic mass is 9.80. The fourth-order valence-electron chi connectivity index (χ4n) is 3.26. The predicted molar refractivity (Wildman–Crippen MR) is 144 cm³/mol. The minimum atomic E-state index is -1.61. The van der Waals surface area contributed by atoms with E-state index in [0.29, 0.717) is 30.9 Å². The Morgan fingerprint density at radius 1 is 0.718 bits per heavy atom. The van der Waals surface area contributed by atoms with Gasteiger partial charge in [-0.3, -0.25) is 4.79 Å². The Bertz CT molecular complexity index is 1220. The molecule has 9 nitrogen and oxygen atoms in total. The molecule has 1 atom stereocenters. The molecule has 0 heterocycles. The molecule has 3 aromatic rings. The van der Waals surface area contributed by atoms with Crippen LogP contribution in [0, 0.1) is 5.92 Å². The summed E-state index contributed by atoms with van der Waals surface area (Å²) in [4.78, 5) is 36.5. The lowest BCUT2D eigenvalue weighted by molar-refractivity contribution is -0.148. The Kier molecular flexibility index (Phi) is 11.1. The van der Waals surface area contributed by atoms with Crippen LogP contribution < -0.4 is 19.7 Å². The van der Waals surface area contributed by atoms with Crippen molar-refractivity contribution in [1.82, 2.24) is 0 Å². The molecular weight excluding hydrogens is 503 g/mol. The molecule has 3 aromatic carbocycles. The maximum Gasteiger partial charge on any atom is 0.488 e. The summed E-state index contributed by atoms with van der Waals surface area (Å²) in [5, 5.41) is 18.3. The van der Waals surface area contributed by atoms with Crippen molar-refractivity contribution in [2.45, 2.75) is 33.1 Å². The molecule has 1 unspecified atom stereocenters. The van der Waals surface area contributed by atoms with Crippen LogP contribution in [0.15, 0.2) is 72.8 Å². The fourth-order valence-corrected chi connectivity index (χ4v) is 3.26. The van der Waals surface area contributed by atoms with Crippen LogP contribution in [0.1, 0.15) is 53.8 Å².